The van der Waals surface area contributed by atoms with Gasteiger partial charge in [0.1, 0.15) is 5.75 Å². The third-order valence-electron chi connectivity index (χ3n) is 4.22. The summed E-state index contributed by atoms with van der Waals surface area (Å²) in [6.45, 7) is 3.32. The summed E-state index contributed by atoms with van der Waals surface area (Å²) >= 11 is 0. The Labute approximate surface area is 157 Å². The lowest BCUT2D eigenvalue weighted by Crippen LogP contribution is -2.24. The fraction of sp³-hybridized carbons (Fsp3) is 0.409. The van der Waals surface area contributed by atoms with Crippen molar-refractivity contribution in [3.05, 3.63) is 59.7 Å². The minimum absolute atomic E-state index is 0.0980. The molecule has 0 fully saturated rings. The highest BCUT2D eigenvalue weighted by Gasteiger charge is 2.02. The quantitative estimate of drug-likeness (QED) is 0.657. The summed E-state index contributed by atoms with van der Waals surface area (Å²) in [5, 5.41) is 2.99. The fourth-order valence-corrected chi connectivity index (χ4v) is 2.70. The van der Waals surface area contributed by atoms with Crippen LogP contribution in [0.25, 0.3) is 0 Å². The largest absolute Gasteiger partial charge is 0.494 e. The molecule has 0 atom stereocenters. The molecule has 2 aromatic rings. The van der Waals surface area contributed by atoms with E-state index in [1.54, 1.807) is 0 Å². The molecular formula is C22H30N2O2. The van der Waals surface area contributed by atoms with Crippen molar-refractivity contribution in [2.24, 2.45) is 0 Å². The molecule has 0 aromatic heterocycles. The predicted molar refractivity (Wildman–Crippen MR) is 108 cm³/mol. The minimum Gasteiger partial charge on any atom is -0.494 e. The molecule has 0 radical (unpaired) electrons. The van der Waals surface area contributed by atoms with E-state index in [1.165, 1.54) is 16.8 Å². The van der Waals surface area contributed by atoms with Gasteiger partial charge in [-0.2, -0.15) is 0 Å². The second-order valence-electron chi connectivity index (χ2n) is 6.78. The van der Waals surface area contributed by atoms with E-state index in [-0.39, 0.29) is 5.91 Å². The van der Waals surface area contributed by atoms with Gasteiger partial charge in [-0.3, -0.25) is 4.79 Å². The highest BCUT2D eigenvalue weighted by atomic mass is 16.5. The Morgan fingerprint density at radius 1 is 1.08 bits per heavy atom. The summed E-state index contributed by atoms with van der Waals surface area (Å²) in [6, 6.07) is 16.5. The standard InChI is InChI=1S/C22H30N2O2/c1-18-7-4-9-21(17-18)26-16-6-10-22(25)23-15-5-8-19-11-13-20(14-12-19)24(2)3/h4,7,9,11-14,17H,5-6,8,10,15-16H2,1-3H3,(H,23,25). The second-order valence-corrected chi connectivity index (χ2v) is 6.78. The average molecular weight is 354 g/mol. The molecule has 0 unspecified atom stereocenters. The van der Waals surface area contributed by atoms with E-state index >= 15 is 0 Å². The molecule has 140 valence electrons. The van der Waals surface area contributed by atoms with Crippen LogP contribution >= 0.6 is 0 Å². The summed E-state index contributed by atoms with van der Waals surface area (Å²) in [6.07, 6.45) is 3.16. The van der Waals surface area contributed by atoms with Crippen molar-refractivity contribution in [1.82, 2.24) is 5.32 Å². The number of nitrogens with one attached hydrogen (secondary N) is 1. The van der Waals surface area contributed by atoms with Crippen molar-refractivity contribution >= 4 is 11.6 Å². The van der Waals surface area contributed by atoms with Gasteiger partial charge in [0.05, 0.1) is 6.61 Å². The van der Waals surface area contributed by atoms with E-state index in [0.717, 1.165) is 25.0 Å². The predicted octanol–water partition coefficient (Wildman–Crippen LogP) is 3.97. The van der Waals surface area contributed by atoms with Crippen molar-refractivity contribution < 1.29 is 9.53 Å². The SMILES string of the molecule is Cc1cccc(OCCCC(=O)NCCCc2ccc(N(C)C)cc2)c1. The van der Waals surface area contributed by atoms with Crippen LogP contribution in [0.3, 0.4) is 0 Å². The van der Waals surface area contributed by atoms with Gasteiger partial charge in [0.15, 0.2) is 0 Å². The minimum atomic E-state index is 0.0980. The van der Waals surface area contributed by atoms with Gasteiger partial charge in [0.25, 0.3) is 0 Å². The first-order valence-electron chi connectivity index (χ1n) is 9.27. The molecule has 4 heteroatoms. The van der Waals surface area contributed by atoms with Gasteiger partial charge < -0.3 is 15.0 Å². The van der Waals surface area contributed by atoms with Gasteiger partial charge in [-0.05, 0) is 61.6 Å². The van der Waals surface area contributed by atoms with Crippen LogP contribution < -0.4 is 15.0 Å². The Kier molecular flexibility index (Phi) is 8.00. The van der Waals surface area contributed by atoms with Crippen molar-refractivity contribution in [3.63, 3.8) is 0 Å². The highest BCUT2D eigenvalue weighted by molar-refractivity contribution is 5.75. The molecule has 2 rings (SSSR count). The van der Waals surface area contributed by atoms with Crippen molar-refractivity contribution in [2.75, 3.05) is 32.1 Å². The van der Waals surface area contributed by atoms with Gasteiger partial charge in [0, 0.05) is 32.7 Å². The van der Waals surface area contributed by atoms with Gasteiger partial charge in [-0.25, -0.2) is 0 Å². The maximum atomic E-state index is 11.9. The monoisotopic (exact) mass is 354 g/mol. The van der Waals surface area contributed by atoms with E-state index in [4.69, 9.17) is 4.74 Å². The fourth-order valence-electron chi connectivity index (χ4n) is 2.70. The van der Waals surface area contributed by atoms with E-state index in [2.05, 4.69) is 34.5 Å². The second kappa shape index (κ2) is 10.5. The van der Waals surface area contributed by atoms with E-state index in [0.29, 0.717) is 19.6 Å². The molecular weight excluding hydrogens is 324 g/mol. The third kappa shape index (κ3) is 7.18. The van der Waals surface area contributed by atoms with Gasteiger partial charge in [-0.1, -0.05) is 24.3 Å². The summed E-state index contributed by atoms with van der Waals surface area (Å²) < 4.78 is 5.66. The average Bonchev–Trinajstić information content (AvgIpc) is 2.63. The summed E-state index contributed by atoms with van der Waals surface area (Å²) in [5.41, 5.74) is 3.68. The van der Waals surface area contributed by atoms with E-state index in [9.17, 15) is 4.79 Å². The Morgan fingerprint density at radius 3 is 2.54 bits per heavy atom. The molecule has 0 heterocycles. The number of ether oxygens (including phenoxy) is 1. The Balaban J connectivity index is 1.54. The number of carbonyl (C=O) groups excluding carboxylic acids is 1. The number of carbonyl (C=O) groups is 1. The van der Waals surface area contributed by atoms with E-state index < -0.39 is 0 Å². The van der Waals surface area contributed by atoms with Crippen LogP contribution in [0.4, 0.5) is 5.69 Å². The molecule has 0 spiro atoms. The number of nitrogens with zero attached hydrogens (tertiary/aromatic N) is 1. The first-order valence-corrected chi connectivity index (χ1v) is 9.27. The number of rotatable bonds is 10. The van der Waals surface area contributed by atoms with Crippen LogP contribution in [0.5, 0.6) is 5.75 Å². The number of amides is 1. The zero-order valence-corrected chi connectivity index (χ0v) is 16.1. The molecule has 0 bridgehead atoms. The number of hydrogen-bond donors (Lipinski definition) is 1. The molecule has 1 N–H and O–H groups in total. The zero-order valence-electron chi connectivity index (χ0n) is 16.1. The smallest absolute Gasteiger partial charge is 0.220 e. The van der Waals surface area contributed by atoms with Gasteiger partial charge in [0.2, 0.25) is 5.91 Å². The molecule has 0 aliphatic rings. The highest BCUT2D eigenvalue weighted by Crippen LogP contribution is 2.14. The lowest BCUT2D eigenvalue weighted by atomic mass is 10.1. The maximum Gasteiger partial charge on any atom is 0.220 e. The van der Waals surface area contributed by atoms with Crippen molar-refractivity contribution in [2.45, 2.75) is 32.6 Å². The lowest BCUT2D eigenvalue weighted by Gasteiger charge is -2.12. The number of anilines is 1. The Bertz CT molecular complexity index is 681. The van der Waals surface area contributed by atoms with Crippen LogP contribution in [0.2, 0.25) is 0 Å². The lowest BCUT2D eigenvalue weighted by molar-refractivity contribution is -0.121. The molecule has 0 saturated carbocycles. The van der Waals surface area contributed by atoms with Crippen LogP contribution in [0, 0.1) is 6.92 Å². The third-order valence-corrected chi connectivity index (χ3v) is 4.22. The summed E-state index contributed by atoms with van der Waals surface area (Å²) in [4.78, 5) is 14.0. The van der Waals surface area contributed by atoms with Gasteiger partial charge >= 0.3 is 0 Å². The molecule has 4 nitrogen and oxygen atoms in total. The van der Waals surface area contributed by atoms with E-state index in [1.807, 2.05) is 45.3 Å². The van der Waals surface area contributed by atoms with Crippen LogP contribution in [-0.4, -0.2) is 33.2 Å². The number of hydrogen-bond acceptors (Lipinski definition) is 3. The normalized spacial score (nSPS) is 10.4. The van der Waals surface area contributed by atoms with Crippen LogP contribution in [0.15, 0.2) is 48.5 Å². The Hall–Kier alpha value is -2.49. The summed E-state index contributed by atoms with van der Waals surface area (Å²) in [7, 11) is 4.08. The van der Waals surface area contributed by atoms with Crippen LogP contribution in [-0.2, 0) is 11.2 Å². The molecule has 26 heavy (non-hydrogen) atoms. The molecule has 1 amide bonds. The molecule has 0 saturated heterocycles. The zero-order chi connectivity index (χ0) is 18.8. The molecule has 0 aliphatic heterocycles. The Morgan fingerprint density at radius 2 is 1.85 bits per heavy atom. The first kappa shape index (κ1) is 19.8. The number of aryl methyl sites for hydroxylation is 2. The summed E-state index contributed by atoms with van der Waals surface area (Å²) in [5.74, 6) is 0.964. The first-order chi connectivity index (χ1) is 12.5. The molecule has 0 aliphatic carbocycles. The topological polar surface area (TPSA) is 41.6 Å². The molecule has 2 aromatic carbocycles. The van der Waals surface area contributed by atoms with Crippen molar-refractivity contribution in [3.8, 4) is 5.75 Å². The maximum absolute atomic E-state index is 11.9. The van der Waals surface area contributed by atoms with Crippen molar-refractivity contribution in [1.29, 1.82) is 0 Å². The number of benzene rings is 2. The van der Waals surface area contributed by atoms with Crippen LogP contribution in [0.1, 0.15) is 30.4 Å². The van der Waals surface area contributed by atoms with Gasteiger partial charge in [-0.15, -0.1) is 0 Å².